The molecule has 1 heterocycles. The number of ether oxygens (including phenoxy) is 2. The summed E-state index contributed by atoms with van der Waals surface area (Å²) in [6.45, 7) is 3.61. The van der Waals surface area contributed by atoms with Crippen LogP contribution in [0.25, 0.3) is 0 Å². The van der Waals surface area contributed by atoms with Crippen LogP contribution in [0.3, 0.4) is 0 Å². The number of likely N-dealkylation sites (N-methyl/N-ethyl adjacent to an activating group) is 1. The zero-order chi connectivity index (χ0) is 22.0. The maximum absolute atomic E-state index is 12.6. The molecule has 164 valence electrons. The van der Waals surface area contributed by atoms with Gasteiger partial charge in [0.15, 0.2) is 0 Å². The molecular weight excluding hydrogens is 417 g/mol. The van der Waals surface area contributed by atoms with Crippen molar-refractivity contribution in [3.05, 3.63) is 29.8 Å². The molecule has 2 rings (SSSR count). The lowest BCUT2D eigenvalue weighted by molar-refractivity contribution is -0.145. The van der Waals surface area contributed by atoms with Crippen LogP contribution in [-0.2, 0) is 24.4 Å². The molecule has 0 aliphatic carbocycles. The minimum absolute atomic E-state index is 0.126. The van der Waals surface area contributed by atoms with Crippen molar-refractivity contribution in [3.63, 3.8) is 0 Å². The quantitative estimate of drug-likeness (QED) is 0.363. The molecule has 8 nitrogen and oxygen atoms in total. The summed E-state index contributed by atoms with van der Waals surface area (Å²) in [6.07, 6.45) is -1.06. The Hall–Kier alpha value is -1.89. The van der Waals surface area contributed by atoms with Crippen molar-refractivity contribution in [3.8, 4) is 5.75 Å². The van der Waals surface area contributed by atoms with Crippen LogP contribution in [0.5, 0.6) is 5.75 Å². The van der Waals surface area contributed by atoms with E-state index in [2.05, 4.69) is 4.18 Å². The van der Waals surface area contributed by atoms with Crippen LogP contribution in [0, 0.1) is 0 Å². The molecule has 0 aromatic heterocycles. The number of carbonyl (C=O) groups excluding carboxylic acids is 1. The van der Waals surface area contributed by atoms with Crippen molar-refractivity contribution in [2.45, 2.75) is 44.2 Å². The predicted octanol–water partition coefficient (Wildman–Crippen LogP) is 2.43. The number of halogens is 3. The minimum atomic E-state index is -5.81. The van der Waals surface area contributed by atoms with E-state index in [0.29, 0.717) is 5.56 Å². The van der Waals surface area contributed by atoms with E-state index in [9.17, 15) is 26.4 Å². The molecule has 0 saturated carbocycles. The smallest absolute Gasteiger partial charge is 0.466 e. The Balaban J connectivity index is 2.37. The highest BCUT2D eigenvalue weighted by Gasteiger charge is 2.48. The topological polar surface area (TPSA) is 85.4 Å². The lowest BCUT2D eigenvalue weighted by Crippen LogP contribution is -2.40. The SMILES string of the molecule is CCOC(=O)CC(c1cccc(OS(=O)(=O)C(F)(F)F)c1)C1OC(C)N(C)N1C. The van der Waals surface area contributed by atoms with Gasteiger partial charge in [-0.25, -0.2) is 10.0 Å². The Labute approximate surface area is 167 Å². The van der Waals surface area contributed by atoms with E-state index < -0.39 is 39.5 Å². The van der Waals surface area contributed by atoms with Crippen molar-refractivity contribution >= 4 is 16.1 Å². The number of carbonyl (C=O) groups is 1. The lowest BCUT2D eigenvalue weighted by Gasteiger charge is -2.29. The highest BCUT2D eigenvalue weighted by molar-refractivity contribution is 7.88. The maximum Gasteiger partial charge on any atom is 0.534 e. The molecule has 29 heavy (non-hydrogen) atoms. The summed E-state index contributed by atoms with van der Waals surface area (Å²) in [5.41, 5.74) is -5.19. The fourth-order valence-electron chi connectivity index (χ4n) is 2.92. The van der Waals surface area contributed by atoms with Crippen molar-refractivity contribution < 1.29 is 40.0 Å². The summed E-state index contributed by atoms with van der Waals surface area (Å²) in [5.74, 6) is -1.69. The Kier molecular flexibility index (Phi) is 7.14. The summed E-state index contributed by atoms with van der Waals surface area (Å²) < 4.78 is 75.5. The van der Waals surface area contributed by atoms with E-state index in [0.717, 1.165) is 12.1 Å². The summed E-state index contributed by atoms with van der Waals surface area (Å²) in [4.78, 5) is 12.1. The number of nitrogens with zero attached hydrogens (tertiary/aromatic N) is 2. The van der Waals surface area contributed by atoms with Crippen LogP contribution < -0.4 is 4.18 Å². The molecule has 1 aromatic carbocycles. The van der Waals surface area contributed by atoms with Crippen molar-refractivity contribution in [2.24, 2.45) is 0 Å². The van der Waals surface area contributed by atoms with E-state index >= 15 is 0 Å². The van der Waals surface area contributed by atoms with Gasteiger partial charge in [-0.2, -0.15) is 21.6 Å². The number of hydrogen-bond acceptors (Lipinski definition) is 8. The van der Waals surface area contributed by atoms with Gasteiger partial charge in [0.25, 0.3) is 0 Å². The molecule has 3 atom stereocenters. The lowest BCUT2D eigenvalue weighted by atomic mass is 9.93. The van der Waals surface area contributed by atoms with Gasteiger partial charge in [0.2, 0.25) is 0 Å². The normalized spacial score (nSPS) is 22.4. The van der Waals surface area contributed by atoms with Crippen LogP contribution in [-0.4, -0.2) is 63.1 Å². The predicted molar refractivity (Wildman–Crippen MR) is 95.9 cm³/mol. The van der Waals surface area contributed by atoms with Gasteiger partial charge in [-0.15, -0.1) is 0 Å². The van der Waals surface area contributed by atoms with Gasteiger partial charge in [0, 0.05) is 20.0 Å². The first kappa shape index (κ1) is 23.4. The monoisotopic (exact) mass is 440 g/mol. The summed E-state index contributed by atoms with van der Waals surface area (Å²) in [7, 11) is -2.30. The molecule has 1 saturated heterocycles. The summed E-state index contributed by atoms with van der Waals surface area (Å²) >= 11 is 0. The first-order valence-electron chi connectivity index (χ1n) is 8.74. The van der Waals surface area contributed by atoms with E-state index in [1.165, 1.54) is 6.07 Å². The number of alkyl halides is 3. The van der Waals surface area contributed by atoms with E-state index in [1.54, 1.807) is 44.0 Å². The molecule has 1 aromatic rings. The molecular formula is C17H23F3N2O6S. The molecule has 3 unspecified atom stereocenters. The summed E-state index contributed by atoms with van der Waals surface area (Å²) in [5, 5.41) is 3.53. The molecule has 0 amide bonds. The second-order valence-corrected chi connectivity index (χ2v) is 7.98. The van der Waals surface area contributed by atoms with E-state index in [4.69, 9.17) is 9.47 Å². The van der Waals surface area contributed by atoms with Gasteiger partial charge in [0.1, 0.15) is 18.2 Å². The average molecular weight is 440 g/mol. The second kappa shape index (κ2) is 8.86. The molecule has 1 fully saturated rings. The number of hydrazine groups is 1. The number of rotatable bonds is 7. The van der Waals surface area contributed by atoms with Crippen LogP contribution >= 0.6 is 0 Å². The van der Waals surface area contributed by atoms with Crippen LogP contribution in [0.4, 0.5) is 13.2 Å². The third-order valence-electron chi connectivity index (χ3n) is 4.54. The van der Waals surface area contributed by atoms with E-state index in [1.807, 2.05) is 0 Å². The molecule has 0 radical (unpaired) electrons. The molecule has 0 spiro atoms. The molecule has 0 bridgehead atoms. The molecule has 1 aliphatic rings. The number of esters is 1. The maximum atomic E-state index is 12.6. The first-order chi connectivity index (χ1) is 13.4. The number of hydrogen-bond donors (Lipinski definition) is 0. The van der Waals surface area contributed by atoms with Gasteiger partial charge in [-0.05, 0) is 31.5 Å². The van der Waals surface area contributed by atoms with Crippen LogP contribution in [0.1, 0.15) is 31.7 Å². The summed E-state index contributed by atoms with van der Waals surface area (Å²) in [6, 6.07) is 5.13. The fraction of sp³-hybridized carbons (Fsp3) is 0.588. The first-order valence-corrected chi connectivity index (χ1v) is 10.2. The van der Waals surface area contributed by atoms with Crippen molar-refractivity contribution in [1.82, 2.24) is 10.0 Å². The Bertz CT molecular complexity index is 833. The highest BCUT2D eigenvalue weighted by atomic mass is 32.2. The third kappa shape index (κ3) is 5.38. The van der Waals surface area contributed by atoms with Gasteiger partial charge in [-0.3, -0.25) is 4.79 Å². The second-order valence-electron chi connectivity index (χ2n) is 6.44. The Morgan fingerprint density at radius 1 is 1.28 bits per heavy atom. The highest BCUT2D eigenvalue weighted by Crippen LogP contribution is 2.36. The molecule has 12 heteroatoms. The Morgan fingerprint density at radius 3 is 2.45 bits per heavy atom. The van der Waals surface area contributed by atoms with Gasteiger partial charge >= 0.3 is 21.6 Å². The van der Waals surface area contributed by atoms with Crippen LogP contribution in [0.15, 0.2) is 24.3 Å². The Morgan fingerprint density at radius 2 is 1.93 bits per heavy atom. The molecule has 1 aliphatic heterocycles. The van der Waals surface area contributed by atoms with E-state index in [-0.39, 0.29) is 19.3 Å². The number of benzene rings is 1. The van der Waals surface area contributed by atoms with Crippen molar-refractivity contribution in [2.75, 3.05) is 20.7 Å². The zero-order valence-corrected chi connectivity index (χ0v) is 17.2. The van der Waals surface area contributed by atoms with Gasteiger partial charge in [0.05, 0.1) is 13.0 Å². The largest absolute Gasteiger partial charge is 0.534 e. The van der Waals surface area contributed by atoms with Gasteiger partial charge in [-0.1, -0.05) is 12.1 Å². The fourth-order valence-corrected chi connectivity index (χ4v) is 3.37. The zero-order valence-electron chi connectivity index (χ0n) is 16.3. The molecule has 0 N–H and O–H groups in total. The van der Waals surface area contributed by atoms with Crippen molar-refractivity contribution in [1.29, 1.82) is 0 Å². The average Bonchev–Trinajstić information content (AvgIpc) is 2.86. The standard InChI is InChI=1S/C17H23F3N2O6S/c1-5-26-15(23)10-14(16-22(4)21(3)11(2)27-16)12-7-6-8-13(9-12)28-29(24,25)17(18,19)20/h6-9,11,14,16H,5,10H2,1-4H3. The van der Waals surface area contributed by atoms with Crippen LogP contribution in [0.2, 0.25) is 0 Å². The van der Waals surface area contributed by atoms with Gasteiger partial charge < -0.3 is 13.7 Å². The minimum Gasteiger partial charge on any atom is -0.466 e. The third-order valence-corrected chi connectivity index (χ3v) is 5.52.